The summed E-state index contributed by atoms with van der Waals surface area (Å²) in [6.07, 6.45) is 0. The fraction of sp³-hybridized carbons (Fsp3) is 0.615. The third-order valence-electron chi connectivity index (χ3n) is 3.95. The third-order valence-corrected chi connectivity index (χ3v) is 5.07. The van der Waals surface area contributed by atoms with E-state index < -0.39 is 0 Å². The summed E-state index contributed by atoms with van der Waals surface area (Å²) in [6.45, 7) is 10.6. The minimum atomic E-state index is 0.133. The van der Waals surface area contributed by atoms with E-state index in [4.69, 9.17) is 0 Å². The number of aromatic nitrogens is 3. The van der Waals surface area contributed by atoms with Crippen LogP contribution in [0.15, 0.2) is 0 Å². The van der Waals surface area contributed by atoms with Crippen molar-refractivity contribution in [2.75, 3.05) is 32.7 Å². The lowest BCUT2D eigenvalue weighted by atomic mass is 10.2. The Bertz CT molecular complexity index is 639. The molecule has 1 aliphatic heterocycles. The Morgan fingerprint density at radius 1 is 1.20 bits per heavy atom. The zero-order valence-corrected chi connectivity index (χ0v) is 12.9. The first-order chi connectivity index (χ1) is 9.61. The monoisotopic (exact) mass is 293 g/mol. The summed E-state index contributed by atoms with van der Waals surface area (Å²) < 4.78 is 1.96. The van der Waals surface area contributed by atoms with Crippen molar-refractivity contribution in [3.63, 3.8) is 0 Å². The number of hydrogen-bond acceptors (Lipinski definition) is 5. The molecule has 1 saturated heterocycles. The molecule has 1 aliphatic rings. The van der Waals surface area contributed by atoms with Crippen molar-refractivity contribution in [1.29, 1.82) is 0 Å². The van der Waals surface area contributed by atoms with Crippen LogP contribution in [0.2, 0.25) is 0 Å². The van der Waals surface area contributed by atoms with Gasteiger partial charge in [-0.05, 0) is 20.4 Å². The Morgan fingerprint density at radius 3 is 2.50 bits per heavy atom. The second kappa shape index (κ2) is 5.14. The minimum absolute atomic E-state index is 0.133. The van der Waals surface area contributed by atoms with E-state index in [2.05, 4.69) is 22.0 Å². The molecular weight excluding hydrogens is 274 g/mol. The molecule has 1 fully saturated rings. The highest BCUT2D eigenvalue weighted by Crippen LogP contribution is 2.24. The van der Waals surface area contributed by atoms with Crippen LogP contribution in [0.3, 0.4) is 0 Å². The van der Waals surface area contributed by atoms with Gasteiger partial charge < -0.3 is 9.80 Å². The fourth-order valence-electron chi connectivity index (χ4n) is 2.67. The number of carbonyl (C=O) groups excluding carboxylic acids is 1. The summed E-state index contributed by atoms with van der Waals surface area (Å²) in [5, 5.41) is 8.15. The summed E-state index contributed by atoms with van der Waals surface area (Å²) >= 11 is 1.44. The van der Waals surface area contributed by atoms with Gasteiger partial charge >= 0.3 is 0 Å². The molecule has 108 valence electrons. The van der Waals surface area contributed by atoms with Crippen molar-refractivity contribution in [3.05, 3.63) is 16.4 Å². The fourth-order valence-corrected chi connectivity index (χ4v) is 3.75. The maximum atomic E-state index is 12.7. The summed E-state index contributed by atoms with van der Waals surface area (Å²) in [7, 11) is 0. The highest BCUT2D eigenvalue weighted by molar-refractivity contribution is 7.19. The first-order valence-electron chi connectivity index (χ1n) is 6.94. The van der Waals surface area contributed by atoms with Crippen LogP contribution in [0.4, 0.5) is 0 Å². The molecule has 0 unspecified atom stereocenters. The predicted octanol–water partition coefficient (Wildman–Crippen LogP) is 1.19. The van der Waals surface area contributed by atoms with E-state index >= 15 is 0 Å². The molecule has 0 aliphatic carbocycles. The van der Waals surface area contributed by atoms with Crippen molar-refractivity contribution in [2.45, 2.75) is 20.8 Å². The van der Waals surface area contributed by atoms with Gasteiger partial charge in [0.05, 0.1) is 0 Å². The van der Waals surface area contributed by atoms with Crippen LogP contribution in [-0.2, 0) is 0 Å². The molecular formula is C13H19N5OS. The maximum absolute atomic E-state index is 12.7. The van der Waals surface area contributed by atoms with Crippen LogP contribution in [0.25, 0.3) is 4.96 Å². The molecule has 3 heterocycles. The van der Waals surface area contributed by atoms with Gasteiger partial charge in [-0.2, -0.15) is 0 Å². The van der Waals surface area contributed by atoms with Gasteiger partial charge in [-0.1, -0.05) is 18.3 Å². The number of fused-ring (bicyclic) bond motifs is 1. The van der Waals surface area contributed by atoms with Crippen LogP contribution in [0.5, 0.6) is 0 Å². The standard InChI is InChI=1S/C13H19N5OS/c1-4-16-5-7-17(8-6-16)12(19)11-9(2)18-10(3)14-15-13(18)20-11/h4-8H2,1-3H3. The molecule has 0 aromatic carbocycles. The van der Waals surface area contributed by atoms with Gasteiger partial charge in [0.15, 0.2) is 0 Å². The number of hydrogen-bond donors (Lipinski definition) is 0. The highest BCUT2D eigenvalue weighted by atomic mass is 32.1. The van der Waals surface area contributed by atoms with Crippen LogP contribution in [0.1, 0.15) is 28.1 Å². The molecule has 2 aromatic rings. The predicted molar refractivity (Wildman–Crippen MR) is 78.4 cm³/mol. The summed E-state index contributed by atoms with van der Waals surface area (Å²) in [5.41, 5.74) is 0.954. The number of piperazine rings is 1. The molecule has 1 amide bonds. The van der Waals surface area contributed by atoms with Crippen LogP contribution >= 0.6 is 11.3 Å². The molecule has 0 spiro atoms. The molecule has 2 aromatic heterocycles. The molecule has 0 saturated carbocycles. The Hall–Kier alpha value is -1.47. The summed E-state index contributed by atoms with van der Waals surface area (Å²) in [5.74, 6) is 0.969. The molecule has 20 heavy (non-hydrogen) atoms. The van der Waals surface area contributed by atoms with Crippen LogP contribution in [0, 0.1) is 13.8 Å². The largest absolute Gasteiger partial charge is 0.335 e. The number of carbonyl (C=O) groups is 1. The number of aryl methyl sites for hydroxylation is 2. The first-order valence-corrected chi connectivity index (χ1v) is 7.76. The van der Waals surface area contributed by atoms with Crippen molar-refractivity contribution in [1.82, 2.24) is 24.4 Å². The zero-order chi connectivity index (χ0) is 14.3. The third kappa shape index (κ3) is 2.10. The van der Waals surface area contributed by atoms with Gasteiger partial charge in [-0.15, -0.1) is 10.2 Å². The van der Waals surface area contributed by atoms with Crippen molar-refractivity contribution >= 4 is 22.2 Å². The van der Waals surface area contributed by atoms with Crippen molar-refractivity contribution in [3.8, 4) is 0 Å². The van der Waals surface area contributed by atoms with Gasteiger partial charge in [-0.3, -0.25) is 9.20 Å². The lowest BCUT2D eigenvalue weighted by Gasteiger charge is -2.33. The molecule has 0 atom stereocenters. The smallest absolute Gasteiger partial charge is 0.265 e. The number of likely N-dealkylation sites (N-methyl/N-ethyl adjacent to an activating group) is 1. The van der Waals surface area contributed by atoms with E-state index in [9.17, 15) is 4.79 Å². The lowest BCUT2D eigenvalue weighted by molar-refractivity contribution is 0.0647. The van der Waals surface area contributed by atoms with Crippen LogP contribution < -0.4 is 0 Å². The van der Waals surface area contributed by atoms with Gasteiger partial charge in [0.25, 0.3) is 5.91 Å². The van der Waals surface area contributed by atoms with Crippen molar-refractivity contribution < 1.29 is 4.79 Å². The second-order valence-electron chi connectivity index (χ2n) is 5.11. The quantitative estimate of drug-likeness (QED) is 0.834. The van der Waals surface area contributed by atoms with E-state index in [0.29, 0.717) is 0 Å². The summed E-state index contributed by atoms with van der Waals surface area (Å²) in [4.78, 5) is 18.6. The molecule has 7 heteroatoms. The van der Waals surface area contributed by atoms with E-state index in [-0.39, 0.29) is 5.91 Å². The highest BCUT2D eigenvalue weighted by Gasteiger charge is 2.25. The lowest BCUT2D eigenvalue weighted by Crippen LogP contribution is -2.48. The number of rotatable bonds is 2. The molecule has 0 bridgehead atoms. The SMILES string of the molecule is CCN1CCN(C(=O)c2sc3nnc(C)n3c2C)CC1. The van der Waals surface area contributed by atoms with E-state index in [1.54, 1.807) is 0 Å². The Morgan fingerprint density at radius 2 is 1.90 bits per heavy atom. The molecule has 6 nitrogen and oxygen atoms in total. The maximum Gasteiger partial charge on any atom is 0.265 e. The summed E-state index contributed by atoms with van der Waals surface area (Å²) in [6, 6.07) is 0. The van der Waals surface area contributed by atoms with Gasteiger partial charge in [0.2, 0.25) is 4.96 Å². The zero-order valence-electron chi connectivity index (χ0n) is 12.1. The Kier molecular flexibility index (Phi) is 3.47. The minimum Gasteiger partial charge on any atom is -0.335 e. The van der Waals surface area contributed by atoms with Crippen molar-refractivity contribution in [2.24, 2.45) is 0 Å². The first kappa shape index (κ1) is 13.5. The topological polar surface area (TPSA) is 53.7 Å². The Labute approximate surface area is 122 Å². The Balaban J connectivity index is 1.84. The van der Waals surface area contributed by atoms with Gasteiger partial charge in [0.1, 0.15) is 10.7 Å². The van der Waals surface area contributed by atoms with Gasteiger partial charge in [-0.25, -0.2) is 0 Å². The van der Waals surface area contributed by atoms with E-state index in [0.717, 1.165) is 54.1 Å². The average Bonchev–Trinajstić information content (AvgIpc) is 3.00. The van der Waals surface area contributed by atoms with E-state index in [1.807, 2.05) is 23.1 Å². The molecule has 0 N–H and O–H groups in total. The average molecular weight is 293 g/mol. The normalized spacial score (nSPS) is 17.1. The number of amides is 1. The van der Waals surface area contributed by atoms with Crippen LogP contribution in [-0.4, -0.2) is 63.0 Å². The molecule has 0 radical (unpaired) electrons. The second-order valence-corrected chi connectivity index (χ2v) is 6.09. The number of nitrogens with zero attached hydrogens (tertiary/aromatic N) is 5. The number of thiazole rings is 1. The molecule has 3 rings (SSSR count). The van der Waals surface area contributed by atoms with Gasteiger partial charge in [0, 0.05) is 31.9 Å². The van der Waals surface area contributed by atoms with E-state index in [1.165, 1.54) is 11.3 Å².